The van der Waals surface area contributed by atoms with E-state index in [2.05, 4.69) is 52.0 Å². The summed E-state index contributed by atoms with van der Waals surface area (Å²) >= 11 is 0. The summed E-state index contributed by atoms with van der Waals surface area (Å²) in [7, 11) is -2.71. The first kappa shape index (κ1) is 33.3. The quantitative estimate of drug-likeness (QED) is 0.101. The van der Waals surface area contributed by atoms with Gasteiger partial charge in [0, 0.05) is 25.9 Å². The van der Waals surface area contributed by atoms with E-state index in [0.29, 0.717) is 6.61 Å². The van der Waals surface area contributed by atoms with Gasteiger partial charge in [0.1, 0.15) is 5.75 Å². The third-order valence-corrected chi connectivity index (χ3v) is 10.9. The molecule has 1 fully saturated rings. The van der Waals surface area contributed by atoms with E-state index in [1.54, 1.807) is 0 Å². The number of ether oxygens (including phenoxy) is 1. The number of hydrogen-bond donors (Lipinski definition) is 0. The Kier molecular flexibility index (Phi) is 18.4. The molecule has 38 heavy (non-hydrogen) atoms. The summed E-state index contributed by atoms with van der Waals surface area (Å²) in [5, 5.41) is 0. The third-order valence-electron chi connectivity index (χ3n) is 8.00. The van der Waals surface area contributed by atoms with E-state index in [1.807, 2.05) is 0 Å². The second kappa shape index (κ2) is 20.9. The Balaban J connectivity index is 1.86. The molecule has 5 heteroatoms. The second-order valence-electron chi connectivity index (χ2n) is 11.4. The van der Waals surface area contributed by atoms with Crippen molar-refractivity contribution in [2.75, 3.05) is 26.4 Å². The molecule has 2 rings (SSSR count). The number of hydrogen-bond acceptors (Lipinski definition) is 4. The fourth-order valence-electron chi connectivity index (χ4n) is 5.59. The average molecular weight is 549 g/mol. The van der Waals surface area contributed by atoms with E-state index < -0.39 is 8.80 Å². The molecule has 1 saturated carbocycles. The Bertz CT molecular complexity index is 641. The van der Waals surface area contributed by atoms with Gasteiger partial charge in [-0.1, -0.05) is 91.2 Å². The molecule has 0 aromatic heterocycles. The molecule has 0 atom stereocenters. The summed E-state index contributed by atoms with van der Waals surface area (Å²) in [5.41, 5.74) is 1.49. The summed E-state index contributed by atoms with van der Waals surface area (Å²) in [6, 6.07) is 9.76. The number of rotatable bonds is 23. The normalized spacial score (nSPS) is 18.1. The van der Waals surface area contributed by atoms with Gasteiger partial charge in [-0.25, -0.2) is 0 Å². The van der Waals surface area contributed by atoms with Crippen LogP contribution in [0.5, 0.6) is 5.75 Å². The van der Waals surface area contributed by atoms with E-state index in [1.165, 1.54) is 82.6 Å². The molecule has 1 aromatic carbocycles. The standard InChI is InChI=1S/C33H60O4Si/c1-5-9-12-26-35-38(36-27-13-10-6-2,37-28-14-11-7-3)29-15-25-34-33-23-21-32(22-24-33)31-19-17-30(16-8-4)18-20-31/h21-24,30-31H,5-20,25-29H2,1-4H3. The van der Waals surface area contributed by atoms with Crippen LogP contribution in [0.4, 0.5) is 0 Å². The average Bonchev–Trinajstić information content (AvgIpc) is 2.95. The summed E-state index contributed by atoms with van der Waals surface area (Å²) in [6.45, 7) is 11.9. The summed E-state index contributed by atoms with van der Waals surface area (Å²) in [6.07, 6.45) is 19.5. The van der Waals surface area contributed by atoms with Crippen LogP contribution in [-0.4, -0.2) is 35.2 Å². The van der Waals surface area contributed by atoms with Crippen LogP contribution in [0.3, 0.4) is 0 Å². The topological polar surface area (TPSA) is 36.9 Å². The predicted octanol–water partition coefficient (Wildman–Crippen LogP) is 10.1. The minimum atomic E-state index is -2.71. The lowest BCUT2D eigenvalue weighted by Gasteiger charge is -2.30. The molecule has 0 radical (unpaired) electrons. The van der Waals surface area contributed by atoms with E-state index in [-0.39, 0.29) is 0 Å². The van der Waals surface area contributed by atoms with Crippen molar-refractivity contribution in [3.05, 3.63) is 29.8 Å². The molecular weight excluding hydrogens is 488 g/mol. The predicted molar refractivity (Wildman–Crippen MR) is 163 cm³/mol. The van der Waals surface area contributed by atoms with Gasteiger partial charge in [-0.3, -0.25) is 0 Å². The molecular formula is C33H60O4Si. The minimum Gasteiger partial charge on any atom is -0.494 e. The Morgan fingerprint density at radius 3 is 1.61 bits per heavy atom. The summed E-state index contributed by atoms with van der Waals surface area (Å²) in [5.74, 6) is 2.65. The zero-order chi connectivity index (χ0) is 27.3. The van der Waals surface area contributed by atoms with Gasteiger partial charge < -0.3 is 18.0 Å². The highest BCUT2D eigenvalue weighted by Gasteiger charge is 2.40. The van der Waals surface area contributed by atoms with E-state index in [9.17, 15) is 0 Å². The van der Waals surface area contributed by atoms with Crippen molar-refractivity contribution in [3.63, 3.8) is 0 Å². The molecule has 0 amide bonds. The molecule has 1 aliphatic rings. The molecule has 1 aliphatic carbocycles. The molecule has 0 saturated heterocycles. The Morgan fingerprint density at radius 1 is 0.605 bits per heavy atom. The molecule has 4 nitrogen and oxygen atoms in total. The smallest absolute Gasteiger partial charge is 0.494 e. The van der Waals surface area contributed by atoms with E-state index in [4.69, 9.17) is 18.0 Å². The van der Waals surface area contributed by atoms with Crippen molar-refractivity contribution >= 4 is 8.80 Å². The minimum absolute atomic E-state index is 0.672. The first-order chi connectivity index (χ1) is 18.7. The first-order valence-electron chi connectivity index (χ1n) is 16.3. The molecule has 0 unspecified atom stereocenters. The molecule has 0 N–H and O–H groups in total. The lowest BCUT2D eigenvalue weighted by molar-refractivity contribution is 0.0540. The Morgan fingerprint density at radius 2 is 1.13 bits per heavy atom. The lowest BCUT2D eigenvalue weighted by atomic mass is 9.77. The van der Waals surface area contributed by atoms with Gasteiger partial charge in [-0.2, -0.15) is 0 Å². The van der Waals surface area contributed by atoms with Crippen LogP contribution in [0.2, 0.25) is 6.04 Å². The van der Waals surface area contributed by atoms with Crippen LogP contribution >= 0.6 is 0 Å². The monoisotopic (exact) mass is 548 g/mol. The lowest BCUT2D eigenvalue weighted by Crippen LogP contribution is -2.47. The highest BCUT2D eigenvalue weighted by atomic mass is 28.4. The van der Waals surface area contributed by atoms with Crippen molar-refractivity contribution in [3.8, 4) is 5.75 Å². The summed E-state index contributed by atoms with van der Waals surface area (Å²) in [4.78, 5) is 0. The second-order valence-corrected chi connectivity index (χ2v) is 14.1. The highest BCUT2D eigenvalue weighted by Crippen LogP contribution is 2.37. The van der Waals surface area contributed by atoms with Crippen molar-refractivity contribution in [2.24, 2.45) is 5.92 Å². The molecule has 0 bridgehead atoms. The zero-order valence-corrected chi connectivity index (χ0v) is 26.4. The van der Waals surface area contributed by atoms with Crippen LogP contribution in [0.1, 0.15) is 142 Å². The van der Waals surface area contributed by atoms with Gasteiger partial charge in [0.2, 0.25) is 0 Å². The Hall–Kier alpha value is -0.883. The third kappa shape index (κ3) is 13.5. The van der Waals surface area contributed by atoms with Crippen LogP contribution in [0.15, 0.2) is 24.3 Å². The molecule has 0 heterocycles. The van der Waals surface area contributed by atoms with Gasteiger partial charge in [0.25, 0.3) is 0 Å². The number of benzene rings is 1. The highest BCUT2D eigenvalue weighted by molar-refractivity contribution is 6.60. The maximum absolute atomic E-state index is 6.49. The zero-order valence-electron chi connectivity index (χ0n) is 25.4. The van der Waals surface area contributed by atoms with Crippen molar-refractivity contribution < 1.29 is 18.0 Å². The Labute approximate surface area is 236 Å². The first-order valence-corrected chi connectivity index (χ1v) is 18.2. The van der Waals surface area contributed by atoms with Crippen molar-refractivity contribution in [2.45, 2.75) is 142 Å². The fraction of sp³-hybridized carbons (Fsp3) is 0.818. The van der Waals surface area contributed by atoms with Crippen LogP contribution in [-0.2, 0) is 13.3 Å². The summed E-state index contributed by atoms with van der Waals surface area (Å²) < 4.78 is 25.6. The SMILES string of the molecule is CCCCCO[Si](CCCOc1ccc(C2CCC(CCC)CC2)cc1)(OCCCCC)OCCCCC. The van der Waals surface area contributed by atoms with Crippen LogP contribution < -0.4 is 4.74 Å². The molecule has 0 spiro atoms. The van der Waals surface area contributed by atoms with Gasteiger partial charge in [-0.15, -0.1) is 0 Å². The van der Waals surface area contributed by atoms with Gasteiger partial charge in [-0.05, 0) is 80.9 Å². The fourth-order valence-corrected chi connectivity index (χ4v) is 8.21. The van der Waals surface area contributed by atoms with E-state index in [0.717, 1.165) is 69.1 Å². The van der Waals surface area contributed by atoms with Crippen molar-refractivity contribution in [1.82, 2.24) is 0 Å². The molecule has 0 aliphatic heterocycles. The maximum Gasteiger partial charge on any atom is 0.501 e. The number of unbranched alkanes of at least 4 members (excludes halogenated alkanes) is 6. The van der Waals surface area contributed by atoms with Crippen molar-refractivity contribution in [1.29, 1.82) is 0 Å². The molecule has 1 aromatic rings. The largest absolute Gasteiger partial charge is 0.501 e. The van der Waals surface area contributed by atoms with Gasteiger partial charge >= 0.3 is 8.80 Å². The molecule has 220 valence electrons. The van der Waals surface area contributed by atoms with Crippen LogP contribution in [0.25, 0.3) is 0 Å². The van der Waals surface area contributed by atoms with Gasteiger partial charge in [0.15, 0.2) is 0 Å². The van der Waals surface area contributed by atoms with Crippen LogP contribution in [0, 0.1) is 5.92 Å². The van der Waals surface area contributed by atoms with E-state index >= 15 is 0 Å². The maximum atomic E-state index is 6.49. The van der Waals surface area contributed by atoms with Gasteiger partial charge in [0.05, 0.1) is 6.61 Å².